The third-order valence-electron chi connectivity index (χ3n) is 6.16. The average molecular weight is 435 g/mol. The van der Waals surface area contributed by atoms with Crippen LogP contribution in [0.5, 0.6) is 0 Å². The quantitative estimate of drug-likeness (QED) is 0.293. The summed E-state index contributed by atoms with van der Waals surface area (Å²) in [4.78, 5) is 0. The smallest absolute Gasteiger partial charge is 0.0149 e. The van der Waals surface area contributed by atoms with Gasteiger partial charge in [-0.15, -0.1) is 0 Å². The second-order valence-electron chi connectivity index (χ2n) is 9.66. The molecule has 0 aromatic heterocycles. The van der Waals surface area contributed by atoms with Crippen molar-refractivity contribution in [1.82, 2.24) is 0 Å². The van der Waals surface area contributed by atoms with Gasteiger partial charge in [0.2, 0.25) is 0 Å². The molecule has 0 radical (unpaired) electrons. The van der Waals surface area contributed by atoms with Crippen molar-refractivity contribution in [3.05, 3.63) is 120 Å². The van der Waals surface area contributed by atoms with Crippen molar-refractivity contribution < 1.29 is 0 Å². The predicted molar refractivity (Wildman–Crippen MR) is 146 cm³/mol. The van der Waals surface area contributed by atoms with Crippen LogP contribution in [0.1, 0.15) is 76.0 Å². The maximum atomic E-state index is 2.24. The second kappa shape index (κ2) is 11.7. The summed E-state index contributed by atoms with van der Waals surface area (Å²) in [6.07, 6.45) is 0. The molecule has 0 N–H and O–H groups in total. The number of hydrogen-bond acceptors (Lipinski definition) is 0. The molecule has 4 aromatic rings. The molecule has 4 aromatic carbocycles. The fourth-order valence-corrected chi connectivity index (χ4v) is 4.00. The molecule has 0 saturated carbocycles. The average Bonchev–Trinajstić information content (AvgIpc) is 2.85. The van der Waals surface area contributed by atoms with Gasteiger partial charge in [-0.3, -0.25) is 0 Å². The van der Waals surface area contributed by atoms with Gasteiger partial charge in [0.15, 0.2) is 0 Å². The van der Waals surface area contributed by atoms with Gasteiger partial charge in [0.25, 0.3) is 0 Å². The SMILES string of the molecule is CC(C)c1ccc(-c2ccc(C(C)C)cc2)cc1.CC(C)c1ccccc1-c1ccccc1. The van der Waals surface area contributed by atoms with Crippen LogP contribution in [0, 0.1) is 0 Å². The van der Waals surface area contributed by atoms with Crippen molar-refractivity contribution in [1.29, 1.82) is 0 Å². The third-order valence-corrected chi connectivity index (χ3v) is 6.16. The third kappa shape index (κ3) is 6.68. The van der Waals surface area contributed by atoms with E-state index in [1.807, 2.05) is 0 Å². The zero-order valence-electron chi connectivity index (χ0n) is 21.0. The molecule has 33 heavy (non-hydrogen) atoms. The second-order valence-corrected chi connectivity index (χ2v) is 9.66. The Balaban J connectivity index is 0.000000189. The molecular weight excluding hydrogens is 396 g/mol. The molecule has 0 bridgehead atoms. The molecule has 0 aliphatic carbocycles. The van der Waals surface area contributed by atoms with Crippen LogP contribution in [-0.4, -0.2) is 0 Å². The minimum Gasteiger partial charge on any atom is -0.0622 e. The lowest BCUT2D eigenvalue weighted by Crippen LogP contribution is -1.91. The monoisotopic (exact) mass is 434 g/mol. The van der Waals surface area contributed by atoms with E-state index in [1.54, 1.807) is 0 Å². The van der Waals surface area contributed by atoms with E-state index < -0.39 is 0 Å². The molecule has 0 aliphatic heterocycles. The molecule has 170 valence electrons. The van der Waals surface area contributed by atoms with Gasteiger partial charge in [-0.05, 0) is 56.7 Å². The molecule has 0 fully saturated rings. The van der Waals surface area contributed by atoms with Gasteiger partial charge in [-0.1, -0.05) is 145 Å². The first-order chi connectivity index (χ1) is 15.9. The van der Waals surface area contributed by atoms with E-state index in [9.17, 15) is 0 Å². The van der Waals surface area contributed by atoms with Gasteiger partial charge in [0, 0.05) is 0 Å². The Labute approximate surface area is 201 Å². The molecule has 0 heteroatoms. The Bertz CT molecular complexity index is 1050. The van der Waals surface area contributed by atoms with Crippen LogP contribution in [0.4, 0.5) is 0 Å². The molecule has 0 heterocycles. The lowest BCUT2D eigenvalue weighted by molar-refractivity contribution is 0.866. The first kappa shape index (κ1) is 24.5. The fraction of sp³-hybridized carbons (Fsp3) is 0.273. The standard InChI is InChI=1S/C18H22.C15H16/c1-13(2)15-5-9-17(10-6-15)18-11-7-16(8-12-18)14(3)4;1-12(2)14-10-6-7-11-15(14)13-8-4-3-5-9-13/h5-14H,1-4H3;3-12H,1-2H3. The Morgan fingerprint density at radius 3 is 1.21 bits per heavy atom. The van der Waals surface area contributed by atoms with E-state index in [0.717, 1.165) is 0 Å². The van der Waals surface area contributed by atoms with Gasteiger partial charge in [-0.2, -0.15) is 0 Å². The summed E-state index contributed by atoms with van der Waals surface area (Å²) in [6, 6.07) is 37.0. The lowest BCUT2D eigenvalue weighted by atomic mass is 9.93. The maximum absolute atomic E-state index is 2.24. The van der Waals surface area contributed by atoms with Crippen LogP contribution in [0.25, 0.3) is 22.3 Å². The summed E-state index contributed by atoms with van der Waals surface area (Å²) in [6.45, 7) is 13.4. The molecule has 0 nitrogen and oxygen atoms in total. The zero-order valence-corrected chi connectivity index (χ0v) is 21.0. The highest BCUT2D eigenvalue weighted by Crippen LogP contribution is 2.28. The first-order valence-corrected chi connectivity index (χ1v) is 12.2. The highest BCUT2D eigenvalue weighted by molar-refractivity contribution is 5.68. The summed E-state index contributed by atoms with van der Waals surface area (Å²) >= 11 is 0. The minimum absolute atomic E-state index is 0.571. The summed E-state index contributed by atoms with van der Waals surface area (Å²) in [7, 11) is 0. The Hall–Kier alpha value is -3.12. The molecule has 0 amide bonds. The van der Waals surface area contributed by atoms with Crippen LogP contribution in [0.15, 0.2) is 103 Å². The molecule has 0 spiro atoms. The van der Waals surface area contributed by atoms with E-state index in [0.29, 0.717) is 17.8 Å². The van der Waals surface area contributed by atoms with E-state index in [-0.39, 0.29) is 0 Å². The molecule has 4 rings (SSSR count). The molecule has 0 saturated heterocycles. The van der Waals surface area contributed by atoms with E-state index in [2.05, 4.69) is 145 Å². The van der Waals surface area contributed by atoms with Gasteiger partial charge < -0.3 is 0 Å². The minimum atomic E-state index is 0.571. The topological polar surface area (TPSA) is 0 Å². The summed E-state index contributed by atoms with van der Waals surface area (Å²) in [5, 5.41) is 0. The molecule has 0 aliphatic rings. The van der Waals surface area contributed by atoms with Crippen molar-refractivity contribution in [3.63, 3.8) is 0 Å². The highest BCUT2D eigenvalue weighted by atomic mass is 14.1. The largest absolute Gasteiger partial charge is 0.0622 e. The van der Waals surface area contributed by atoms with Crippen molar-refractivity contribution in [3.8, 4) is 22.3 Å². The normalized spacial score (nSPS) is 10.9. The summed E-state index contributed by atoms with van der Waals surface area (Å²) in [5.74, 6) is 1.77. The van der Waals surface area contributed by atoms with Crippen LogP contribution >= 0.6 is 0 Å². The summed E-state index contributed by atoms with van der Waals surface area (Å²) in [5.41, 5.74) is 9.48. The Morgan fingerprint density at radius 1 is 0.364 bits per heavy atom. The molecule has 0 atom stereocenters. The van der Waals surface area contributed by atoms with Crippen molar-refractivity contribution >= 4 is 0 Å². The summed E-state index contributed by atoms with van der Waals surface area (Å²) < 4.78 is 0. The number of hydrogen-bond donors (Lipinski definition) is 0. The predicted octanol–water partition coefficient (Wildman–Crippen LogP) is 10.1. The molecule has 0 unspecified atom stereocenters. The maximum Gasteiger partial charge on any atom is -0.0149 e. The van der Waals surface area contributed by atoms with E-state index >= 15 is 0 Å². The molecular formula is C33H38. The van der Waals surface area contributed by atoms with Crippen LogP contribution in [-0.2, 0) is 0 Å². The van der Waals surface area contributed by atoms with Crippen LogP contribution in [0.3, 0.4) is 0 Å². The van der Waals surface area contributed by atoms with Gasteiger partial charge in [0.05, 0.1) is 0 Å². The van der Waals surface area contributed by atoms with Gasteiger partial charge in [0.1, 0.15) is 0 Å². The van der Waals surface area contributed by atoms with Crippen LogP contribution in [0.2, 0.25) is 0 Å². The highest BCUT2D eigenvalue weighted by Gasteiger charge is 2.06. The van der Waals surface area contributed by atoms with E-state index in [1.165, 1.54) is 38.9 Å². The van der Waals surface area contributed by atoms with Crippen molar-refractivity contribution in [2.45, 2.75) is 59.3 Å². The fourth-order valence-electron chi connectivity index (χ4n) is 4.00. The van der Waals surface area contributed by atoms with Crippen molar-refractivity contribution in [2.24, 2.45) is 0 Å². The Kier molecular flexibility index (Phi) is 8.66. The van der Waals surface area contributed by atoms with Crippen molar-refractivity contribution in [2.75, 3.05) is 0 Å². The lowest BCUT2D eigenvalue weighted by Gasteiger charge is -2.12. The van der Waals surface area contributed by atoms with Crippen LogP contribution < -0.4 is 0 Å². The Morgan fingerprint density at radius 2 is 0.788 bits per heavy atom. The van der Waals surface area contributed by atoms with Gasteiger partial charge in [-0.25, -0.2) is 0 Å². The van der Waals surface area contributed by atoms with E-state index in [4.69, 9.17) is 0 Å². The first-order valence-electron chi connectivity index (χ1n) is 12.2. The van der Waals surface area contributed by atoms with Gasteiger partial charge >= 0.3 is 0 Å². The zero-order chi connectivity index (χ0) is 23.8. The number of rotatable bonds is 5. The number of benzene rings is 4.